The number of ether oxygens (including phenoxy) is 1. The summed E-state index contributed by atoms with van der Waals surface area (Å²) in [5, 5.41) is 0. The molecular formula is C17H19F3N2O5S2. The number of rotatable bonds is 8. The third kappa shape index (κ3) is 5.92. The summed E-state index contributed by atoms with van der Waals surface area (Å²) in [6.07, 6.45) is -4.85. The lowest BCUT2D eigenvalue weighted by Gasteiger charge is -2.15. The van der Waals surface area contributed by atoms with Crippen molar-refractivity contribution in [1.82, 2.24) is 4.72 Å². The van der Waals surface area contributed by atoms with Gasteiger partial charge < -0.3 is 4.74 Å². The van der Waals surface area contributed by atoms with Crippen LogP contribution in [0.15, 0.2) is 58.3 Å². The van der Waals surface area contributed by atoms with Gasteiger partial charge in [0, 0.05) is 18.8 Å². The smallest absolute Gasteiger partial charge is 0.383 e. The summed E-state index contributed by atoms with van der Waals surface area (Å²) >= 11 is 0. The summed E-state index contributed by atoms with van der Waals surface area (Å²) in [6.45, 7) is 1.75. The minimum atomic E-state index is -4.85. The van der Waals surface area contributed by atoms with Crippen LogP contribution in [-0.2, 0) is 31.0 Å². The van der Waals surface area contributed by atoms with E-state index < -0.39 is 42.7 Å². The van der Waals surface area contributed by atoms with Crippen molar-refractivity contribution in [3.05, 3.63) is 54.1 Å². The summed E-state index contributed by atoms with van der Waals surface area (Å²) < 4.78 is 97.9. The van der Waals surface area contributed by atoms with Crippen molar-refractivity contribution >= 4 is 25.7 Å². The lowest BCUT2D eigenvalue weighted by Crippen LogP contribution is -2.35. The number of hydrogen-bond donors (Lipinski definition) is 2. The highest BCUT2D eigenvalue weighted by Gasteiger charge is 2.36. The van der Waals surface area contributed by atoms with E-state index >= 15 is 0 Å². The van der Waals surface area contributed by atoms with Crippen LogP contribution in [0.25, 0.3) is 0 Å². The topological polar surface area (TPSA) is 102 Å². The predicted molar refractivity (Wildman–Crippen MR) is 100 cm³/mol. The normalized spacial score (nSPS) is 13.8. The Kier molecular flexibility index (Phi) is 6.93. The molecule has 2 rings (SSSR count). The van der Waals surface area contributed by atoms with Crippen LogP contribution >= 0.6 is 0 Å². The molecule has 29 heavy (non-hydrogen) atoms. The first-order valence-corrected chi connectivity index (χ1v) is 11.1. The monoisotopic (exact) mass is 452 g/mol. The zero-order chi connectivity index (χ0) is 21.9. The highest BCUT2D eigenvalue weighted by molar-refractivity contribution is 7.92. The Hall–Kier alpha value is -2.15. The Morgan fingerprint density at radius 3 is 2.10 bits per heavy atom. The number of anilines is 1. The van der Waals surface area contributed by atoms with Crippen molar-refractivity contribution < 1.29 is 34.7 Å². The fraction of sp³-hybridized carbons (Fsp3) is 0.294. The van der Waals surface area contributed by atoms with Gasteiger partial charge in [0.2, 0.25) is 10.0 Å². The second-order valence-electron chi connectivity index (χ2n) is 6.10. The molecule has 7 nitrogen and oxygen atoms in total. The molecule has 2 N–H and O–H groups in total. The van der Waals surface area contributed by atoms with Crippen molar-refractivity contribution in [2.75, 3.05) is 18.4 Å². The van der Waals surface area contributed by atoms with Crippen LogP contribution in [0.2, 0.25) is 0 Å². The Labute approximate surface area is 167 Å². The lowest BCUT2D eigenvalue weighted by atomic mass is 10.2. The van der Waals surface area contributed by atoms with E-state index in [0.29, 0.717) is 6.07 Å². The Bertz CT molecular complexity index is 1050. The molecule has 2 aromatic carbocycles. The first-order valence-electron chi connectivity index (χ1n) is 8.17. The summed E-state index contributed by atoms with van der Waals surface area (Å²) in [7, 11) is -7.01. The van der Waals surface area contributed by atoms with Crippen LogP contribution in [0, 0.1) is 0 Å². The Morgan fingerprint density at radius 2 is 1.55 bits per heavy atom. The molecule has 0 aromatic heterocycles. The quantitative estimate of drug-likeness (QED) is 0.641. The van der Waals surface area contributed by atoms with Crippen molar-refractivity contribution in [3.8, 4) is 0 Å². The number of sulfonamides is 2. The van der Waals surface area contributed by atoms with E-state index in [1.54, 1.807) is 6.92 Å². The second kappa shape index (κ2) is 8.69. The third-order valence-corrected chi connectivity index (χ3v) is 6.72. The van der Waals surface area contributed by atoms with Gasteiger partial charge in [0.15, 0.2) is 0 Å². The number of halogens is 3. The van der Waals surface area contributed by atoms with Crippen LogP contribution in [0.1, 0.15) is 12.5 Å². The van der Waals surface area contributed by atoms with Gasteiger partial charge in [-0.25, -0.2) is 21.6 Å². The van der Waals surface area contributed by atoms with Crippen molar-refractivity contribution in [1.29, 1.82) is 0 Å². The van der Waals surface area contributed by atoms with Crippen molar-refractivity contribution in [2.45, 2.75) is 28.9 Å². The van der Waals surface area contributed by atoms with Gasteiger partial charge in [-0.2, -0.15) is 13.2 Å². The molecule has 1 atom stereocenters. The molecule has 0 radical (unpaired) electrons. The first-order chi connectivity index (χ1) is 13.4. The maximum Gasteiger partial charge on any atom is 0.417 e. The molecule has 2 aromatic rings. The predicted octanol–water partition coefficient (Wildman–Crippen LogP) is 2.82. The molecule has 0 amide bonds. The highest BCUT2D eigenvalue weighted by atomic mass is 32.2. The summed E-state index contributed by atoms with van der Waals surface area (Å²) in [4.78, 5) is -1.07. The summed E-state index contributed by atoms with van der Waals surface area (Å²) in [5.41, 5.74) is -1.39. The zero-order valence-electron chi connectivity index (χ0n) is 15.4. The van der Waals surface area contributed by atoms with Gasteiger partial charge in [0.25, 0.3) is 10.0 Å². The second-order valence-corrected chi connectivity index (χ2v) is 9.47. The van der Waals surface area contributed by atoms with Gasteiger partial charge in [-0.05, 0) is 43.3 Å². The van der Waals surface area contributed by atoms with Crippen LogP contribution in [0.4, 0.5) is 18.9 Å². The summed E-state index contributed by atoms with van der Waals surface area (Å²) in [6, 6.07) is 7.81. The van der Waals surface area contributed by atoms with Gasteiger partial charge in [0.1, 0.15) is 0 Å². The van der Waals surface area contributed by atoms with E-state index in [1.165, 1.54) is 13.2 Å². The van der Waals surface area contributed by atoms with E-state index in [0.717, 1.165) is 36.4 Å². The fourth-order valence-electron chi connectivity index (χ4n) is 2.46. The van der Waals surface area contributed by atoms with Gasteiger partial charge in [-0.3, -0.25) is 4.72 Å². The molecule has 0 fully saturated rings. The lowest BCUT2D eigenvalue weighted by molar-refractivity contribution is -0.139. The molecule has 0 aliphatic heterocycles. The number of hydrogen-bond acceptors (Lipinski definition) is 5. The molecule has 12 heteroatoms. The molecular weight excluding hydrogens is 433 g/mol. The molecule has 0 aliphatic rings. The van der Waals surface area contributed by atoms with E-state index in [9.17, 15) is 30.0 Å². The van der Waals surface area contributed by atoms with Gasteiger partial charge >= 0.3 is 6.18 Å². The van der Waals surface area contributed by atoms with Crippen LogP contribution < -0.4 is 9.44 Å². The SMILES string of the molecule is COCC(C)NS(=O)(=O)c1ccc(NS(=O)(=O)c2ccccc2C(F)(F)F)cc1. The minimum Gasteiger partial charge on any atom is -0.383 e. The third-order valence-electron chi connectivity index (χ3n) is 3.67. The average Bonchev–Trinajstić information content (AvgIpc) is 2.61. The maximum atomic E-state index is 13.1. The fourth-order valence-corrected chi connectivity index (χ4v) is 4.98. The van der Waals surface area contributed by atoms with E-state index in [4.69, 9.17) is 4.74 Å². The number of methoxy groups -OCH3 is 1. The molecule has 1 unspecified atom stereocenters. The van der Waals surface area contributed by atoms with Crippen LogP contribution in [0.5, 0.6) is 0 Å². The van der Waals surface area contributed by atoms with Crippen molar-refractivity contribution in [3.63, 3.8) is 0 Å². The largest absolute Gasteiger partial charge is 0.417 e. The highest BCUT2D eigenvalue weighted by Crippen LogP contribution is 2.34. The number of nitrogens with one attached hydrogen (secondary N) is 2. The van der Waals surface area contributed by atoms with Crippen molar-refractivity contribution in [2.24, 2.45) is 0 Å². The molecule has 0 spiro atoms. The van der Waals surface area contributed by atoms with Gasteiger partial charge in [-0.15, -0.1) is 0 Å². The van der Waals surface area contributed by atoms with Crippen LogP contribution in [0.3, 0.4) is 0 Å². The maximum absolute atomic E-state index is 13.1. The average molecular weight is 452 g/mol. The van der Waals surface area contributed by atoms with E-state index in [2.05, 4.69) is 4.72 Å². The van der Waals surface area contributed by atoms with E-state index in [-0.39, 0.29) is 17.2 Å². The minimum absolute atomic E-state index is 0.0918. The number of benzene rings is 2. The molecule has 0 saturated heterocycles. The molecule has 0 saturated carbocycles. The number of alkyl halides is 3. The Balaban J connectivity index is 2.26. The summed E-state index contributed by atoms with van der Waals surface area (Å²) in [5.74, 6) is 0. The molecule has 0 heterocycles. The standard InChI is InChI=1S/C17H19F3N2O5S2/c1-12(11-27-2)21-28(23,24)14-9-7-13(8-10-14)22-29(25,26)16-6-4-3-5-15(16)17(18,19)20/h3-10,12,21-22H,11H2,1-2H3. The Morgan fingerprint density at radius 1 is 0.966 bits per heavy atom. The van der Waals surface area contributed by atoms with E-state index in [1.807, 2.05) is 4.72 Å². The molecule has 0 aliphatic carbocycles. The molecule has 160 valence electrons. The zero-order valence-corrected chi connectivity index (χ0v) is 17.0. The van der Waals surface area contributed by atoms with Crippen LogP contribution in [-0.4, -0.2) is 36.6 Å². The first kappa shape index (κ1) is 23.1. The molecule has 0 bridgehead atoms. The van der Waals surface area contributed by atoms with Gasteiger partial charge in [0.05, 0.1) is 22.0 Å². The van der Waals surface area contributed by atoms with Gasteiger partial charge in [-0.1, -0.05) is 12.1 Å².